The van der Waals surface area contributed by atoms with Crippen LogP contribution in [0.2, 0.25) is 0 Å². The Morgan fingerprint density at radius 3 is 3.00 bits per heavy atom. The predicted molar refractivity (Wildman–Crippen MR) is 70.6 cm³/mol. The molecule has 0 radical (unpaired) electrons. The van der Waals surface area contributed by atoms with Crippen LogP contribution in [0.15, 0.2) is 18.2 Å². The van der Waals surface area contributed by atoms with Gasteiger partial charge in [0.15, 0.2) is 0 Å². The molecule has 0 aromatic heterocycles. The lowest BCUT2D eigenvalue weighted by molar-refractivity contribution is 0.208. The van der Waals surface area contributed by atoms with Gasteiger partial charge in [0.1, 0.15) is 5.82 Å². The Kier molecular flexibility index (Phi) is 4.55. The largest absolute Gasteiger partial charge is 0.399 e. The number of aliphatic hydroxyl groups is 1. The molecular weight excluding hydrogens is 231 g/mol. The number of nitrogen functional groups attached to an aromatic ring is 1. The van der Waals surface area contributed by atoms with Crippen LogP contribution in [-0.4, -0.2) is 29.2 Å². The van der Waals surface area contributed by atoms with E-state index < -0.39 is 0 Å². The molecule has 1 saturated heterocycles. The Bertz CT molecular complexity index is 397. The summed E-state index contributed by atoms with van der Waals surface area (Å²) in [6, 6.07) is 5.38. The van der Waals surface area contributed by atoms with Crippen LogP contribution in [-0.2, 0) is 6.54 Å². The highest BCUT2D eigenvalue weighted by molar-refractivity contribution is 5.40. The van der Waals surface area contributed by atoms with Gasteiger partial charge in [-0.25, -0.2) is 4.39 Å². The van der Waals surface area contributed by atoms with E-state index in [1.165, 1.54) is 6.07 Å². The van der Waals surface area contributed by atoms with Crippen LogP contribution < -0.4 is 5.73 Å². The van der Waals surface area contributed by atoms with Gasteiger partial charge in [0.25, 0.3) is 0 Å². The molecular formula is C14H21FN2O. The summed E-state index contributed by atoms with van der Waals surface area (Å²) in [6.45, 7) is 1.89. The average Bonchev–Trinajstić information content (AvgIpc) is 2.77. The molecule has 1 fully saturated rings. The number of halogens is 1. The summed E-state index contributed by atoms with van der Waals surface area (Å²) in [5.74, 6) is -0.220. The summed E-state index contributed by atoms with van der Waals surface area (Å²) >= 11 is 0. The highest BCUT2D eigenvalue weighted by Gasteiger charge is 2.24. The third kappa shape index (κ3) is 3.21. The molecule has 0 spiro atoms. The number of aliphatic hydroxyl groups excluding tert-OH is 1. The van der Waals surface area contributed by atoms with Gasteiger partial charge in [-0.05, 0) is 44.4 Å². The second-order valence-corrected chi connectivity index (χ2v) is 4.98. The van der Waals surface area contributed by atoms with Crippen LogP contribution in [0.4, 0.5) is 10.1 Å². The zero-order valence-electron chi connectivity index (χ0n) is 10.6. The fourth-order valence-electron chi connectivity index (χ4n) is 2.67. The summed E-state index contributed by atoms with van der Waals surface area (Å²) in [5.41, 5.74) is 6.72. The summed E-state index contributed by atoms with van der Waals surface area (Å²) in [5, 5.41) is 8.88. The van der Waals surface area contributed by atoms with Crippen molar-refractivity contribution in [1.82, 2.24) is 4.90 Å². The molecule has 1 aromatic rings. The standard InChI is InChI=1S/C14H21FN2O/c15-14-9-12(16)6-5-11(14)10-17-7-1-3-13(17)4-2-8-18/h5-6,9,13,18H,1-4,7-8,10,16H2. The number of likely N-dealkylation sites (tertiary alicyclic amines) is 1. The number of nitrogens with two attached hydrogens (primary N) is 1. The number of hydrogen-bond donors (Lipinski definition) is 2. The molecule has 1 unspecified atom stereocenters. The van der Waals surface area contributed by atoms with Crippen LogP contribution in [0.1, 0.15) is 31.2 Å². The zero-order chi connectivity index (χ0) is 13.0. The number of nitrogens with zero attached hydrogens (tertiary/aromatic N) is 1. The number of hydrogen-bond acceptors (Lipinski definition) is 3. The van der Waals surface area contributed by atoms with E-state index in [4.69, 9.17) is 10.8 Å². The maximum absolute atomic E-state index is 13.7. The van der Waals surface area contributed by atoms with E-state index in [1.54, 1.807) is 12.1 Å². The minimum Gasteiger partial charge on any atom is -0.399 e. The van der Waals surface area contributed by atoms with Crippen LogP contribution in [0, 0.1) is 5.82 Å². The maximum Gasteiger partial charge on any atom is 0.129 e. The molecule has 1 aromatic carbocycles. The van der Waals surface area contributed by atoms with E-state index in [-0.39, 0.29) is 12.4 Å². The Balaban J connectivity index is 1.99. The molecule has 0 bridgehead atoms. The predicted octanol–water partition coefficient (Wildman–Crippen LogP) is 2.14. The van der Waals surface area contributed by atoms with Crippen LogP contribution in [0.25, 0.3) is 0 Å². The third-order valence-corrected chi connectivity index (χ3v) is 3.65. The van der Waals surface area contributed by atoms with E-state index in [2.05, 4.69) is 4.90 Å². The molecule has 3 N–H and O–H groups in total. The molecule has 4 heteroatoms. The molecule has 0 saturated carbocycles. The number of rotatable bonds is 5. The Morgan fingerprint density at radius 2 is 2.28 bits per heavy atom. The first-order chi connectivity index (χ1) is 8.70. The molecule has 1 aliphatic heterocycles. The molecule has 18 heavy (non-hydrogen) atoms. The lowest BCUT2D eigenvalue weighted by Gasteiger charge is -2.24. The summed E-state index contributed by atoms with van der Waals surface area (Å²) in [6.07, 6.45) is 4.13. The first-order valence-electron chi connectivity index (χ1n) is 6.59. The van der Waals surface area contributed by atoms with Crippen LogP contribution >= 0.6 is 0 Å². The maximum atomic E-state index is 13.7. The van der Waals surface area contributed by atoms with Crippen molar-refractivity contribution in [1.29, 1.82) is 0 Å². The lowest BCUT2D eigenvalue weighted by atomic mass is 10.1. The van der Waals surface area contributed by atoms with Gasteiger partial charge in [-0.2, -0.15) is 0 Å². The van der Waals surface area contributed by atoms with Crippen molar-refractivity contribution in [2.75, 3.05) is 18.9 Å². The number of benzene rings is 1. The van der Waals surface area contributed by atoms with E-state index in [9.17, 15) is 4.39 Å². The number of anilines is 1. The minimum atomic E-state index is -0.220. The van der Waals surface area contributed by atoms with Crippen LogP contribution in [0.5, 0.6) is 0 Å². The Labute approximate surface area is 107 Å². The molecule has 1 heterocycles. The fraction of sp³-hybridized carbons (Fsp3) is 0.571. The average molecular weight is 252 g/mol. The smallest absolute Gasteiger partial charge is 0.129 e. The zero-order valence-corrected chi connectivity index (χ0v) is 10.6. The Hall–Kier alpha value is -1.13. The van der Waals surface area contributed by atoms with Crippen molar-refractivity contribution in [2.24, 2.45) is 0 Å². The van der Waals surface area contributed by atoms with E-state index in [0.29, 0.717) is 23.8 Å². The summed E-state index contributed by atoms with van der Waals surface area (Å²) in [4.78, 5) is 2.31. The Morgan fingerprint density at radius 1 is 1.44 bits per heavy atom. The van der Waals surface area contributed by atoms with E-state index in [1.807, 2.05) is 0 Å². The van der Waals surface area contributed by atoms with Gasteiger partial charge in [-0.3, -0.25) is 4.90 Å². The van der Waals surface area contributed by atoms with Gasteiger partial charge in [0.05, 0.1) is 0 Å². The van der Waals surface area contributed by atoms with E-state index in [0.717, 1.165) is 32.2 Å². The van der Waals surface area contributed by atoms with Gasteiger partial charge in [-0.1, -0.05) is 6.07 Å². The molecule has 3 nitrogen and oxygen atoms in total. The van der Waals surface area contributed by atoms with Crippen LogP contribution in [0.3, 0.4) is 0 Å². The highest BCUT2D eigenvalue weighted by atomic mass is 19.1. The molecule has 2 rings (SSSR count). The van der Waals surface area contributed by atoms with Crippen molar-refractivity contribution in [3.05, 3.63) is 29.6 Å². The first kappa shape index (κ1) is 13.3. The monoisotopic (exact) mass is 252 g/mol. The van der Waals surface area contributed by atoms with E-state index >= 15 is 0 Å². The summed E-state index contributed by atoms with van der Waals surface area (Å²) in [7, 11) is 0. The fourth-order valence-corrected chi connectivity index (χ4v) is 2.67. The topological polar surface area (TPSA) is 49.5 Å². The van der Waals surface area contributed by atoms with Crippen molar-refractivity contribution in [3.8, 4) is 0 Å². The highest BCUT2D eigenvalue weighted by Crippen LogP contribution is 2.24. The lowest BCUT2D eigenvalue weighted by Crippen LogP contribution is -2.29. The normalized spacial score (nSPS) is 20.4. The molecule has 100 valence electrons. The van der Waals surface area contributed by atoms with Gasteiger partial charge in [-0.15, -0.1) is 0 Å². The molecule has 1 aliphatic rings. The van der Waals surface area contributed by atoms with Crippen molar-refractivity contribution < 1.29 is 9.50 Å². The SMILES string of the molecule is Nc1ccc(CN2CCCC2CCCO)c(F)c1. The van der Waals surface area contributed by atoms with Crippen molar-refractivity contribution in [2.45, 2.75) is 38.3 Å². The third-order valence-electron chi connectivity index (χ3n) is 3.65. The second-order valence-electron chi connectivity index (χ2n) is 4.98. The van der Waals surface area contributed by atoms with Crippen molar-refractivity contribution >= 4 is 5.69 Å². The molecule has 1 atom stereocenters. The van der Waals surface area contributed by atoms with Crippen molar-refractivity contribution in [3.63, 3.8) is 0 Å². The second kappa shape index (κ2) is 6.16. The quantitative estimate of drug-likeness (QED) is 0.789. The molecule has 0 amide bonds. The van der Waals surface area contributed by atoms with Gasteiger partial charge < -0.3 is 10.8 Å². The van der Waals surface area contributed by atoms with Gasteiger partial charge in [0, 0.05) is 30.4 Å². The van der Waals surface area contributed by atoms with Gasteiger partial charge >= 0.3 is 0 Å². The summed E-state index contributed by atoms with van der Waals surface area (Å²) < 4.78 is 13.7. The van der Waals surface area contributed by atoms with Gasteiger partial charge in [0.2, 0.25) is 0 Å². The molecule has 0 aliphatic carbocycles. The minimum absolute atomic E-state index is 0.220. The first-order valence-corrected chi connectivity index (χ1v) is 6.59.